The first-order valence-electron chi connectivity index (χ1n) is 12.6. The Morgan fingerprint density at radius 3 is 2.21 bits per heavy atom. The molecule has 1 N–H and O–H groups in total. The van der Waals surface area contributed by atoms with E-state index in [1.54, 1.807) is 50.2 Å². The molecule has 0 aliphatic rings. The molecule has 39 heavy (non-hydrogen) atoms. The third-order valence-electron chi connectivity index (χ3n) is 6.20. The Bertz CT molecular complexity index is 1400. The first-order valence-corrected chi connectivity index (χ1v) is 14.4. The average molecular weight is 574 g/mol. The topological polar surface area (TPSA) is 86.8 Å². The van der Waals surface area contributed by atoms with Gasteiger partial charge in [0.05, 0.1) is 10.6 Å². The summed E-state index contributed by atoms with van der Waals surface area (Å²) < 4.78 is 42.3. The molecule has 2 amide bonds. The van der Waals surface area contributed by atoms with Crippen molar-refractivity contribution in [3.8, 4) is 0 Å². The summed E-state index contributed by atoms with van der Waals surface area (Å²) in [6, 6.07) is 17.2. The minimum Gasteiger partial charge on any atom is -0.352 e. The molecular formula is C29H33ClFN3O4S. The van der Waals surface area contributed by atoms with Gasteiger partial charge >= 0.3 is 0 Å². The fraction of sp³-hybridized carbons (Fsp3) is 0.310. The van der Waals surface area contributed by atoms with Crippen LogP contribution in [0.2, 0.25) is 5.02 Å². The summed E-state index contributed by atoms with van der Waals surface area (Å²) in [5.41, 5.74) is 1.33. The molecule has 0 heterocycles. The van der Waals surface area contributed by atoms with Crippen molar-refractivity contribution in [2.45, 2.75) is 57.6 Å². The van der Waals surface area contributed by atoms with E-state index in [1.165, 1.54) is 41.3 Å². The molecule has 0 fully saturated rings. The van der Waals surface area contributed by atoms with Gasteiger partial charge in [-0.05, 0) is 74.7 Å². The maximum Gasteiger partial charge on any atom is 0.264 e. The van der Waals surface area contributed by atoms with Gasteiger partial charge in [-0.15, -0.1) is 0 Å². The predicted molar refractivity (Wildman–Crippen MR) is 151 cm³/mol. The molecule has 0 spiro atoms. The van der Waals surface area contributed by atoms with Crippen LogP contribution in [0.3, 0.4) is 0 Å². The molecule has 0 aliphatic heterocycles. The lowest BCUT2D eigenvalue weighted by Crippen LogP contribution is -2.53. The zero-order valence-electron chi connectivity index (χ0n) is 22.4. The second-order valence-corrected chi connectivity index (χ2v) is 11.7. The van der Waals surface area contributed by atoms with E-state index in [9.17, 15) is 22.4 Å². The Morgan fingerprint density at radius 2 is 1.62 bits per heavy atom. The van der Waals surface area contributed by atoms with Gasteiger partial charge in [0.1, 0.15) is 18.4 Å². The highest BCUT2D eigenvalue weighted by Crippen LogP contribution is 2.31. The summed E-state index contributed by atoms with van der Waals surface area (Å²) in [7, 11) is -4.20. The summed E-state index contributed by atoms with van der Waals surface area (Å²) in [5.74, 6) is -1.39. The molecule has 0 bridgehead atoms. The first-order chi connectivity index (χ1) is 18.4. The Balaban J connectivity index is 2.09. The lowest BCUT2D eigenvalue weighted by atomic mass is 10.1. The molecule has 0 radical (unpaired) electrons. The number of carbonyl (C=O) groups excluding carboxylic acids is 2. The summed E-state index contributed by atoms with van der Waals surface area (Å²) in [6.07, 6.45) is 0.285. The zero-order valence-corrected chi connectivity index (χ0v) is 24.0. The number of amides is 2. The highest BCUT2D eigenvalue weighted by atomic mass is 35.5. The van der Waals surface area contributed by atoms with Gasteiger partial charge < -0.3 is 10.2 Å². The maximum atomic E-state index is 14.0. The first kappa shape index (κ1) is 30.1. The van der Waals surface area contributed by atoms with Crippen LogP contribution in [-0.4, -0.2) is 43.8 Å². The third kappa shape index (κ3) is 7.36. The Labute approximate surface area is 234 Å². The molecule has 10 heteroatoms. The van der Waals surface area contributed by atoms with Crippen LogP contribution >= 0.6 is 11.6 Å². The predicted octanol–water partition coefficient (Wildman–Crippen LogP) is 5.31. The highest BCUT2D eigenvalue weighted by Gasteiger charge is 2.34. The molecule has 0 aliphatic carbocycles. The fourth-order valence-corrected chi connectivity index (χ4v) is 5.85. The summed E-state index contributed by atoms with van der Waals surface area (Å²) in [5, 5.41) is 3.19. The van der Waals surface area contributed by atoms with E-state index in [2.05, 4.69) is 5.32 Å². The summed E-state index contributed by atoms with van der Waals surface area (Å²) >= 11 is 6.34. The van der Waals surface area contributed by atoms with Crippen LogP contribution in [-0.2, 0) is 26.2 Å². The van der Waals surface area contributed by atoms with Crippen LogP contribution in [0.1, 0.15) is 38.3 Å². The number of benzene rings is 3. The van der Waals surface area contributed by atoms with Crippen molar-refractivity contribution in [3.63, 3.8) is 0 Å². The van der Waals surface area contributed by atoms with Crippen LogP contribution in [0.15, 0.2) is 77.7 Å². The molecule has 0 saturated carbocycles. The standard InChI is InChI=1S/C29H33ClFN3O4S/c1-5-26(29(36)32-20(2)3)33(18-22-14-16-23(31)17-15-22)28(35)19-34(27-13-9-12-25(30)21(27)4)39(37,38)24-10-7-6-8-11-24/h6-17,20,26H,5,18-19H2,1-4H3,(H,32,36)/t26-/m0/s1. The number of nitrogens with one attached hydrogen (secondary N) is 1. The number of sulfonamides is 1. The summed E-state index contributed by atoms with van der Waals surface area (Å²) in [4.78, 5) is 28.5. The molecule has 0 unspecified atom stereocenters. The number of carbonyl (C=O) groups is 2. The molecule has 3 aromatic rings. The normalized spacial score (nSPS) is 12.2. The number of nitrogens with zero attached hydrogens (tertiary/aromatic N) is 2. The summed E-state index contributed by atoms with van der Waals surface area (Å²) in [6.45, 7) is 6.48. The Kier molecular flexibility index (Phi) is 10.1. The van der Waals surface area contributed by atoms with Gasteiger partial charge in [-0.1, -0.05) is 54.9 Å². The minimum absolute atomic E-state index is 0.00634. The van der Waals surface area contributed by atoms with E-state index >= 15 is 0 Å². The van der Waals surface area contributed by atoms with Crippen LogP contribution < -0.4 is 9.62 Å². The number of halogens is 2. The molecule has 7 nitrogen and oxygen atoms in total. The van der Waals surface area contributed by atoms with Crippen LogP contribution in [0, 0.1) is 12.7 Å². The van der Waals surface area contributed by atoms with E-state index in [0.29, 0.717) is 16.1 Å². The van der Waals surface area contributed by atoms with E-state index in [-0.39, 0.29) is 35.5 Å². The van der Waals surface area contributed by atoms with Crippen molar-refractivity contribution in [2.75, 3.05) is 10.8 Å². The van der Waals surface area contributed by atoms with E-state index < -0.39 is 34.3 Å². The lowest BCUT2D eigenvalue weighted by Gasteiger charge is -2.34. The smallest absolute Gasteiger partial charge is 0.264 e. The van der Waals surface area contributed by atoms with Crippen molar-refractivity contribution < 1.29 is 22.4 Å². The van der Waals surface area contributed by atoms with Gasteiger partial charge in [0.15, 0.2) is 0 Å². The van der Waals surface area contributed by atoms with E-state index in [4.69, 9.17) is 11.6 Å². The number of anilines is 1. The van der Waals surface area contributed by atoms with E-state index in [1.807, 2.05) is 13.8 Å². The second kappa shape index (κ2) is 13.1. The Morgan fingerprint density at radius 1 is 0.974 bits per heavy atom. The largest absolute Gasteiger partial charge is 0.352 e. The zero-order chi connectivity index (χ0) is 28.7. The Hall–Kier alpha value is -3.43. The molecule has 208 valence electrons. The third-order valence-corrected chi connectivity index (χ3v) is 8.38. The SMILES string of the molecule is CC[C@@H](C(=O)NC(C)C)N(Cc1ccc(F)cc1)C(=O)CN(c1cccc(Cl)c1C)S(=O)(=O)c1ccccc1. The van der Waals surface area contributed by atoms with Gasteiger partial charge in [-0.25, -0.2) is 12.8 Å². The second-order valence-electron chi connectivity index (χ2n) is 9.44. The highest BCUT2D eigenvalue weighted by molar-refractivity contribution is 7.92. The molecular weight excluding hydrogens is 541 g/mol. The number of hydrogen-bond acceptors (Lipinski definition) is 4. The monoisotopic (exact) mass is 573 g/mol. The average Bonchev–Trinajstić information content (AvgIpc) is 2.90. The van der Waals surface area contributed by atoms with Gasteiger partial charge in [-0.3, -0.25) is 13.9 Å². The molecule has 3 rings (SSSR count). The molecule has 1 atom stereocenters. The minimum atomic E-state index is -4.20. The van der Waals surface area contributed by atoms with Gasteiger partial charge in [0.25, 0.3) is 10.0 Å². The van der Waals surface area contributed by atoms with Crippen LogP contribution in [0.4, 0.5) is 10.1 Å². The maximum absolute atomic E-state index is 14.0. The molecule has 0 saturated heterocycles. The van der Waals surface area contributed by atoms with Gasteiger partial charge in [-0.2, -0.15) is 0 Å². The van der Waals surface area contributed by atoms with E-state index in [0.717, 1.165) is 4.31 Å². The number of rotatable bonds is 11. The van der Waals surface area contributed by atoms with Gasteiger partial charge in [0.2, 0.25) is 11.8 Å². The van der Waals surface area contributed by atoms with Crippen molar-refractivity contribution in [3.05, 3.63) is 94.8 Å². The van der Waals surface area contributed by atoms with Crippen LogP contribution in [0.25, 0.3) is 0 Å². The number of hydrogen-bond donors (Lipinski definition) is 1. The lowest BCUT2D eigenvalue weighted by molar-refractivity contribution is -0.140. The van der Waals surface area contributed by atoms with Crippen molar-refractivity contribution in [1.82, 2.24) is 10.2 Å². The fourth-order valence-electron chi connectivity index (χ4n) is 4.19. The van der Waals surface area contributed by atoms with Crippen molar-refractivity contribution in [1.29, 1.82) is 0 Å². The van der Waals surface area contributed by atoms with Crippen molar-refractivity contribution >= 4 is 39.1 Å². The van der Waals surface area contributed by atoms with Crippen LogP contribution in [0.5, 0.6) is 0 Å². The molecule has 0 aromatic heterocycles. The van der Waals surface area contributed by atoms with Gasteiger partial charge in [0, 0.05) is 17.6 Å². The quantitative estimate of drug-likeness (QED) is 0.337. The molecule has 3 aromatic carbocycles. The van der Waals surface area contributed by atoms with Crippen molar-refractivity contribution in [2.24, 2.45) is 0 Å².